The number of aryl methyl sites for hydroxylation is 2. The number of benzene rings is 7. The predicted molar refractivity (Wildman–Crippen MR) is 188 cm³/mol. The van der Waals surface area contributed by atoms with Crippen LogP contribution in [0.4, 0.5) is 0 Å². The first kappa shape index (κ1) is 24.1. The van der Waals surface area contributed by atoms with Crippen LogP contribution in [0, 0.1) is 13.8 Å². The van der Waals surface area contributed by atoms with E-state index >= 15 is 0 Å². The van der Waals surface area contributed by atoms with Crippen molar-refractivity contribution in [3.8, 4) is 22.3 Å². The monoisotopic (exact) mass is 570 g/mol. The van der Waals surface area contributed by atoms with E-state index in [1.54, 1.807) is 0 Å². The molecule has 0 bridgehead atoms. The van der Waals surface area contributed by atoms with Gasteiger partial charge in [0.15, 0.2) is 0 Å². The molecule has 2 aromatic heterocycles. The van der Waals surface area contributed by atoms with Crippen LogP contribution in [-0.4, -0.2) is 0 Å². The molecule has 7 aromatic carbocycles. The van der Waals surface area contributed by atoms with Crippen molar-refractivity contribution in [3.05, 3.63) is 132 Å². The molecule has 0 unspecified atom stereocenters. The van der Waals surface area contributed by atoms with E-state index in [-0.39, 0.29) is 0 Å². The Morgan fingerprint density at radius 1 is 0.333 bits per heavy atom. The van der Waals surface area contributed by atoms with Crippen LogP contribution in [-0.2, 0) is 0 Å². The summed E-state index contributed by atoms with van der Waals surface area (Å²) in [6.45, 7) is 4.28. The Kier molecular flexibility index (Phi) is 5.17. The molecular formula is C40H26S2. The highest BCUT2D eigenvalue weighted by Gasteiger charge is 2.15. The lowest BCUT2D eigenvalue weighted by Crippen LogP contribution is -1.80. The highest BCUT2D eigenvalue weighted by atomic mass is 32.1. The average molecular weight is 571 g/mol. The molecule has 0 radical (unpaired) electrons. The number of rotatable bonds is 2. The van der Waals surface area contributed by atoms with Gasteiger partial charge in [-0.05, 0) is 94.0 Å². The fraction of sp³-hybridized carbons (Fsp3) is 0.0500. The molecule has 0 saturated carbocycles. The number of hydrogen-bond donors (Lipinski definition) is 0. The fourth-order valence-electron chi connectivity index (χ4n) is 6.40. The van der Waals surface area contributed by atoms with Crippen molar-refractivity contribution in [3.63, 3.8) is 0 Å². The highest BCUT2D eigenvalue weighted by molar-refractivity contribution is 7.33. The summed E-state index contributed by atoms with van der Waals surface area (Å²) in [4.78, 5) is 0. The van der Waals surface area contributed by atoms with Gasteiger partial charge in [-0.3, -0.25) is 0 Å². The molecule has 0 spiro atoms. The maximum atomic E-state index is 2.40. The minimum Gasteiger partial charge on any atom is -0.134 e. The molecule has 0 atom stereocenters. The van der Waals surface area contributed by atoms with Crippen LogP contribution in [0.15, 0.2) is 121 Å². The zero-order valence-corrected chi connectivity index (χ0v) is 25.0. The smallest absolute Gasteiger partial charge is 0.0534 e. The van der Waals surface area contributed by atoms with E-state index in [1.165, 1.54) is 95.3 Å². The van der Waals surface area contributed by atoms with E-state index < -0.39 is 0 Å². The first-order valence-electron chi connectivity index (χ1n) is 14.4. The van der Waals surface area contributed by atoms with E-state index in [4.69, 9.17) is 0 Å². The van der Waals surface area contributed by atoms with Gasteiger partial charge in [-0.2, -0.15) is 0 Å². The molecule has 0 amide bonds. The second-order valence-electron chi connectivity index (χ2n) is 11.6. The lowest BCUT2D eigenvalue weighted by molar-refractivity contribution is 1.47. The van der Waals surface area contributed by atoms with Gasteiger partial charge in [0, 0.05) is 30.9 Å². The fourth-order valence-corrected chi connectivity index (χ4v) is 9.00. The third-order valence-corrected chi connectivity index (χ3v) is 11.3. The topological polar surface area (TPSA) is 0 Å². The van der Waals surface area contributed by atoms with Gasteiger partial charge in [0.1, 0.15) is 0 Å². The highest BCUT2D eigenvalue weighted by Crippen LogP contribution is 2.46. The van der Waals surface area contributed by atoms with E-state index in [1.807, 2.05) is 22.7 Å². The molecule has 42 heavy (non-hydrogen) atoms. The van der Waals surface area contributed by atoms with Crippen molar-refractivity contribution < 1.29 is 0 Å². The van der Waals surface area contributed by atoms with Crippen molar-refractivity contribution in [2.45, 2.75) is 13.8 Å². The number of fused-ring (bicyclic) bond motifs is 9. The van der Waals surface area contributed by atoms with Gasteiger partial charge in [0.05, 0.1) is 9.40 Å². The molecule has 0 saturated heterocycles. The van der Waals surface area contributed by atoms with Gasteiger partial charge >= 0.3 is 0 Å². The lowest BCUT2D eigenvalue weighted by Gasteiger charge is -2.06. The van der Waals surface area contributed by atoms with E-state index in [0.717, 1.165) is 0 Å². The molecule has 0 aliphatic rings. The van der Waals surface area contributed by atoms with Gasteiger partial charge in [0.2, 0.25) is 0 Å². The maximum Gasteiger partial charge on any atom is 0.0534 e. The van der Waals surface area contributed by atoms with Crippen LogP contribution in [0.25, 0.3) is 84.1 Å². The minimum atomic E-state index is 1.27. The number of hydrogen-bond acceptors (Lipinski definition) is 2. The molecule has 9 aromatic rings. The number of thiophene rings is 2. The predicted octanol–water partition coefficient (Wildman–Crippen LogP) is 12.7. The van der Waals surface area contributed by atoms with Crippen LogP contribution >= 0.6 is 22.7 Å². The summed E-state index contributed by atoms with van der Waals surface area (Å²) in [5, 5.41) is 10.6. The summed E-state index contributed by atoms with van der Waals surface area (Å²) in [6, 6.07) is 45.7. The Bertz CT molecular complexity index is 2330. The van der Waals surface area contributed by atoms with Crippen LogP contribution in [0.1, 0.15) is 11.1 Å². The van der Waals surface area contributed by atoms with Crippen LogP contribution in [0.2, 0.25) is 0 Å². The molecule has 0 N–H and O–H groups in total. The van der Waals surface area contributed by atoms with Gasteiger partial charge in [-0.1, -0.05) is 96.1 Å². The first-order valence-corrected chi connectivity index (χ1v) is 16.0. The maximum absolute atomic E-state index is 2.40. The SMILES string of the molecule is Cc1ccc(-c2ccc3cc4c(cc3c2)sc2c4ccc3c4cc5ccc(-c6ccc(C)cc6)cc5cc4sc32)cc1. The third-order valence-electron chi connectivity index (χ3n) is 8.76. The zero-order chi connectivity index (χ0) is 27.9. The summed E-state index contributed by atoms with van der Waals surface area (Å²) in [5.74, 6) is 0. The lowest BCUT2D eigenvalue weighted by atomic mass is 9.98. The van der Waals surface area contributed by atoms with Gasteiger partial charge in [-0.25, -0.2) is 0 Å². The van der Waals surface area contributed by atoms with E-state index in [9.17, 15) is 0 Å². The summed E-state index contributed by atoms with van der Waals surface area (Å²) in [5.41, 5.74) is 7.66. The molecule has 198 valence electrons. The normalized spacial score (nSPS) is 12.0. The molecule has 0 nitrogen and oxygen atoms in total. The van der Waals surface area contributed by atoms with Crippen LogP contribution < -0.4 is 0 Å². The second-order valence-corrected chi connectivity index (χ2v) is 13.7. The molecule has 0 aliphatic heterocycles. The average Bonchev–Trinajstić information content (AvgIpc) is 3.56. The molecular weight excluding hydrogens is 545 g/mol. The summed E-state index contributed by atoms with van der Waals surface area (Å²) >= 11 is 3.88. The van der Waals surface area contributed by atoms with E-state index in [0.29, 0.717) is 0 Å². The Morgan fingerprint density at radius 2 is 0.738 bits per heavy atom. The van der Waals surface area contributed by atoms with Crippen molar-refractivity contribution >= 4 is 84.6 Å². The molecule has 0 fully saturated rings. The molecule has 0 aliphatic carbocycles. The Balaban J connectivity index is 1.21. The van der Waals surface area contributed by atoms with Gasteiger partial charge < -0.3 is 0 Å². The summed E-state index contributed by atoms with van der Waals surface area (Å²) in [7, 11) is 0. The molecule has 9 rings (SSSR count). The summed E-state index contributed by atoms with van der Waals surface area (Å²) < 4.78 is 5.53. The van der Waals surface area contributed by atoms with Gasteiger partial charge in [-0.15, -0.1) is 22.7 Å². The van der Waals surface area contributed by atoms with E-state index in [2.05, 4.69) is 135 Å². The first-order chi connectivity index (χ1) is 20.6. The van der Waals surface area contributed by atoms with Crippen molar-refractivity contribution in [2.75, 3.05) is 0 Å². The van der Waals surface area contributed by atoms with Crippen molar-refractivity contribution in [1.29, 1.82) is 0 Å². The van der Waals surface area contributed by atoms with Crippen molar-refractivity contribution in [2.24, 2.45) is 0 Å². The standard InChI is InChI=1S/C40H26S2/c1-23-3-7-25(8-4-23)27-11-13-29-19-35-33-15-16-34-36-20-30-14-12-28(26-9-5-24(2)6-10-26)18-32(30)22-38(36)42-40(34)39(33)41-37(35)21-31(29)17-27/h3-22H,1-2H3. The zero-order valence-electron chi connectivity index (χ0n) is 23.4. The van der Waals surface area contributed by atoms with Crippen molar-refractivity contribution in [1.82, 2.24) is 0 Å². The minimum absolute atomic E-state index is 1.27. The van der Waals surface area contributed by atoms with Crippen LogP contribution in [0.5, 0.6) is 0 Å². The Labute approximate surface area is 252 Å². The quantitative estimate of drug-likeness (QED) is 0.194. The third kappa shape index (κ3) is 3.73. The molecule has 2 heteroatoms. The van der Waals surface area contributed by atoms with Crippen LogP contribution in [0.3, 0.4) is 0 Å². The molecule has 2 heterocycles. The largest absolute Gasteiger partial charge is 0.134 e. The Hall–Kier alpha value is -4.50. The Morgan fingerprint density at radius 3 is 1.17 bits per heavy atom. The second kappa shape index (κ2) is 9.00. The van der Waals surface area contributed by atoms with Gasteiger partial charge in [0.25, 0.3) is 0 Å². The summed E-state index contributed by atoms with van der Waals surface area (Å²) in [6.07, 6.45) is 0.